The molecular weight excluding hydrogens is 460 g/mol. The maximum absolute atomic E-state index is 13.7. The van der Waals surface area contributed by atoms with Crippen LogP contribution in [0.3, 0.4) is 0 Å². The fraction of sp³-hybridized carbons (Fsp3) is 0.360. The van der Waals surface area contributed by atoms with Gasteiger partial charge in [0.15, 0.2) is 16.9 Å². The molecule has 9 heteroatoms. The number of carbonyl (C=O) groups is 1. The highest BCUT2D eigenvalue weighted by atomic mass is 35.5. The van der Waals surface area contributed by atoms with Gasteiger partial charge in [0.05, 0.1) is 38.3 Å². The number of ether oxygens (including phenoxy) is 3. The van der Waals surface area contributed by atoms with Gasteiger partial charge in [-0.25, -0.2) is 0 Å². The number of fused-ring (bicyclic) bond motifs is 2. The Balaban J connectivity index is 1.95. The van der Waals surface area contributed by atoms with Crippen molar-refractivity contribution in [3.63, 3.8) is 0 Å². The van der Waals surface area contributed by atoms with Gasteiger partial charge in [0.25, 0.3) is 5.91 Å². The summed E-state index contributed by atoms with van der Waals surface area (Å²) in [5, 5.41) is 0.739. The highest BCUT2D eigenvalue weighted by Gasteiger charge is 2.43. The first-order valence-electron chi connectivity index (χ1n) is 10.8. The molecular formula is C25H27ClN2O6. The molecule has 8 nitrogen and oxygen atoms in total. The van der Waals surface area contributed by atoms with Crippen LogP contribution < -0.4 is 19.6 Å². The summed E-state index contributed by atoms with van der Waals surface area (Å²) in [5.41, 5.74) is 0.959. The molecule has 1 atom stereocenters. The molecule has 0 unspecified atom stereocenters. The fourth-order valence-electron chi connectivity index (χ4n) is 4.39. The van der Waals surface area contributed by atoms with Crippen molar-refractivity contribution in [2.75, 3.05) is 48.5 Å². The minimum absolute atomic E-state index is 0.0448. The summed E-state index contributed by atoms with van der Waals surface area (Å²) in [6.07, 6.45) is 0.715. The zero-order valence-corrected chi connectivity index (χ0v) is 20.6. The summed E-state index contributed by atoms with van der Waals surface area (Å²) in [6, 6.07) is 7.64. The van der Waals surface area contributed by atoms with Gasteiger partial charge in [0.2, 0.25) is 11.5 Å². The van der Waals surface area contributed by atoms with E-state index in [4.69, 9.17) is 30.2 Å². The third-order valence-corrected chi connectivity index (χ3v) is 6.17. The smallest absolute Gasteiger partial charge is 0.290 e. The van der Waals surface area contributed by atoms with Gasteiger partial charge in [0.1, 0.15) is 5.58 Å². The number of rotatable bonds is 8. The molecule has 0 saturated carbocycles. The van der Waals surface area contributed by atoms with E-state index in [0.717, 1.165) is 6.54 Å². The van der Waals surface area contributed by atoms with Crippen LogP contribution in [0.25, 0.3) is 11.0 Å². The van der Waals surface area contributed by atoms with Gasteiger partial charge >= 0.3 is 0 Å². The maximum Gasteiger partial charge on any atom is 0.290 e. The summed E-state index contributed by atoms with van der Waals surface area (Å²) in [4.78, 5) is 30.9. The van der Waals surface area contributed by atoms with E-state index < -0.39 is 6.04 Å². The lowest BCUT2D eigenvalue weighted by Gasteiger charge is -2.27. The van der Waals surface area contributed by atoms with Crippen LogP contribution in [0.4, 0.5) is 0 Å². The molecule has 3 aromatic rings. The predicted octanol–water partition coefficient (Wildman–Crippen LogP) is 3.97. The second-order valence-corrected chi connectivity index (χ2v) is 8.77. The molecule has 4 rings (SSSR count). The van der Waals surface area contributed by atoms with Crippen LogP contribution >= 0.6 is 11.6 Å². The molecule has 0 aliphatic carbocycles. The van der Waals surface area contributed by atoms with Crippen LogP contribution in [0.15, 0.2) is 39.5 Å². The monoisotopic (exact) mass is 486 g/mol. The number of hydrogen-bond donors (Lipinski definition) is 0. The molecule has 0 fully saturated rings. The Morgan fingerprint density at radius 1 is 1.03 bits per heavy atom. The van der Waals surface area contributed by atoms with Crippen molar-refractivity contribution in [3.05, 3.63) is 62.5 Å². The van der Waals surface area contributed by atoms with Crippen molar-refractivity contribution in [2.24, 2.45) is 0 Å². The van der Waals surface area contributed by atoms with Crippen molar-refractivity contribution in [1.29, 1.82) is 0 Å². The summed E-state index contributed by atoms with van der Waals surface area (Å²) in [5.74, 6) is 0.998. The predicted molar refractivity (Wildman–Crippen MR) is 130 cm³/mol. The number of nitrogens with zero attached hydrogens (tertiary/aromatic N) is 2. The van der Waals surface area contributed by atoms with E-state index in [-0.39, 0.29) is 22.7 Å². The minimum Gasteiger partial charge on any atom is -0.493 e. The van der Waals surface area contributed by atoms with Crippen LogP contribution in [0, 0.1) is 0 Å². The van der Waals surface area contributed by atoms with Gasteiger partial charge in [-0.05, 0) is 63.0 Å². The number of amides is 1. The topological polar surface area (TPSA) is 81.5 Å². The lowest BCUT2D eigenvalue weighted by Crippen LogP contribution is -2.32. The van der Waals surface area contributed by atoms with E-state index in [2.05, 4.69) is 0 Å². The first kappa shape index (κ1) is 23.9. The number of hydrogen-bond acceptors (Lipinski definition) is 7. The first-order valence-corrected chi connectivity index (χ1v) is 11.2. The van der Waals surface area contributed by atoms with Gasteiger partial charge in [-0.1, -0.05) is 11.6 Å². The summed E-state index contributed by atoms with van der Waals surface area (Å²) < 4.78 is 22.5. The summed E-state index contributed by atoms with van der Waals surface area (Å²) in [7, 11) is 8.51. The van der Waals surface area contributed by atoms with Crippen LogP contribution in [0.2, 0.25) is 5.02 Å². The first-order chi connectivity index (χ1) is 16.3. The van der Waals surface area contributed by atoms with Crippen molar-refractivity contribution in [2.45, 2.75) is 12.5 Å². The molecule has 2 aromatic carbocycles. The average molecular weight is 487 g/mol. The Hall–Kier alpha value is -3.23. The molecule has 1 aromatic heterocycles. The zero-order valence-electron chi connectivity index (χ0n) is 19.8. The molecule has 0 spiro atoms. The van der Waals surface area contributed by atoms with Crippen LogP contribution in [-0.4, -0.2) is 64.2 Å². The number of halogens is 1. The normalized spacial score (nSPS) is 15.2. The minimum atomic E-state index is -0.682. The van der Waals surface area contributed by atoms with E-state index in [1.54, 1.807) is 35.2 Å². The van der Waals surface area contributed by atoms with E-state index in [9.17, 15) is 9.59 Å². The third-order valence-electron chi connectivity index (χ3n) is 5.93. The standard InChI is InChI=1S/C25H27ClN2O6/c1-27(2)9-6-10-28-21(14-11-18(31-3)23(33-5)19(12-14)32-4)20-22(29)16-13-15(26)7-8-17(16)34-24(20)25(28)30/h7-8,11-13,21H,6,9-10H2,1-5H3/t21-/m1/s1. The van der Waals surface area contributed by atoms with Gasteiger partial charge < -0.3 is 28.4 Å². The highest BCUT2D eigenvalue weighted by Crippen LogP contribution is 2.45. The van der Waals surface area contributed by atoms with Crippen molar-refractivity contribution in [1.82, 2.24) is 9.80 Å². The van der Waals surface area contributed by atoms with Crippen molar-refractivity contribution >= 4 is 28.5 Å². The number of benzene rings is 2. The highest BCUT2D eigenvalue weighted by molar-refractivity contribution is 6.31. The van der Waals surface area contributed by atoms with E-state index in [0.29, 0.717) is 51.8 Å². The molecule has 0 saturated heterocycles. The second-order valence-electron chi connectivity index (χ2n) is 8.33. The molecule has 1 amide bonds. The zero-order chi connectivity index (χ0) is 24.6. The SMILES string of the molecule is COc1cc([C@@H]2c3c(oc4ccc(Cl)cc4c3=O)C(=O)N2CCCN(C)C)cc(OC)c1OC. The quantitative estimate of drug-likeness (QED) is 0.476. The van der Waals surface area contributed by atoms with Gasteiger partial charge in [-0.3, -0.25) is 9.59 Å². The third kappa shape index (κ3) is 4.08. The largest absolute Gasteiger partial charge is 0.493 e. The summed E-state index contributed by atoms with van der Waals surface area (Å²) in [6.45, 7) is 1.21. The van der Waals surface area contributed by atoms with E-state index in [1.807, 2.05) is 19.0 Å². The Morgan fingerprint density at radius 3 is 2.29 bits per heavy atom. The fourth-order valence-corrected chi connectivity index (χ4v) is 4.56. The Morgan fingerprint density at radius 2 is 1.71 bits per heavy atom. The van der Waals surface area contributed by atoms with Gasteiger partial charge in [0, 0.05) is 11.6 Å². The Bertz CT molecular complexity index is 1280. The molecule has 1 aliphatic rings. The van der Waals surface area contributed by atoms with Crippen molar-refractivity contribution < 1.29 is 23.4 Å². The Kier molecular flexibility index (Phi) is 6.72. The Labute approximate surface area is 202 Å². The van der Waals surface area contributed by atoms with Gasteiger partial charge in [-0.15, -0.1) is 0 Å². The summed E-state index contributed by atoms with van der Waals surface area (Å²) >= 11 is 6.15. The van der Waals surface area contributed by atoms with E-state index >= 15 is 0 Å². The van der Waals surface area contributed by atoms with Crippen LogP contribution in [-0.2, 0) is 0 Å². The van der Waals surface area contributed by atoms with Crippen molar-refractivity contribution in [3.8, 4) is 17.2 Å². The molecule has 0 radical (unpaired) electrons. The van der Waals surface area contributed by atoms with Crippen LogP contribution in [0.5, 0.6) is 17.2 Å². The molecule has 34 heavy (non-hydrogen) atoms. The maximum atomic E-state index is 13.7. The average Bonchev–Trinajstić information content (AvgIpc) is 3.10. The molecule has 180 valence electrons. The molecule has 0 bridgehead atoms. The van der Waals surface area contributed by atoms with Gasteiger partial charge in [-0.2, -0.15) is 0 Å². The lowest BCUT2D eigenvalue weighted by molar-refractivity contribution is 0.0722. The molecule has 2 heterocycles. The number of carbonyl (C=O) groups excluding carboxylic acids is 1. The molecule has 0 N–H and O–H groups in total. The second kappa shape index (κ2) is 9.56. The molecule has 1 aliphatic heterocycles. The van der Waals surface area contributed by atoms with E-state index in [1.165, 1.54) is 21.3 Å². The number of methoxy groups -OCH3 is 3. The van der Waals surface area contributed by atoms with Crippen LogP contribution in [0.1, 0.15) is 34.1 Å². The lowest BCUT2D eigenvalue weighted by atomic mass is 9.97.